The van der Waals surface area contributed by atoms with Crippen molar-refractivity contribution in [3.05, 3.63) is 34.3 Å². The van der Waals surface area contributed by atoms with Gasteiger partial charge < -0.3 is 4.90 Å². The van der Waals surface area contributed by atoms with Crippen molar-refractivity contribution in [2.45, 2.75) is 38.6 Å². The third-order valence-corrected chi connectivity index (χ3v) is 3.90. The standard InChI is InChI=1S/C14H18BrNO/c1-11(12-6-5-7-13(15)10-12)16-9-4-2-3-8-14(16)17/h5-7,10-11H,2-4,8-9H2,1H3. The van der Waals surface area contributed by atoms with Gasteiger partial charge in [-0.2, -0.15) is 0 Å². The number of likely N-dealkylation sites (tertiary alicyclic amines) is 1. The molecule has 0 radical (unpaired) electrons. The van der Waals surface area contributed by atoms with Gasteiger partial charge in [0.25, 0.3) is 0 Å². The van der Waals surface area contributed by atoms with Gasteiger partial charge in [-0.25, -0.2) is 0 Å². The normalized spacial score (nSPS) is 18.9. The molecule has 1 aliphatic rings. The van der Waals surface area contributed by atoms with E-state index >= 15 is 0 Å². The SMILES string of the molecule is CC(c1cccc(Br)c1)N1CCCCCC1=O. The van der Waals surface area contributed by atoms with Crippen LogP contribution in [0.25, 0.3) is 0 Å². The molecule has 1 heterocycles. The fourth-order valence-corrected chi connectivity index (χ4v) is 2.78. The average molecular weight is 296 g/mol. The highest BCUT2D eigenvalue weighted by Gasteiger charge is 2.22. The van der Waals surface area contributed by atoms with Crippen LogP contribution < -0.4 is 0 Å². The maximum atomic E-state index is 12.0. The van der Waals surface area contributed by atoms with Crippen LogP contribution in [0.1, 0.15) is 44.2 Å². The minimum absolute atomic E-state index is 0.179. The molecule has 1 saturated heterocycles. The summed E-state index contributed by atoms with van der Waals surface area (Å²) in [5, 5.41) is 0. The third kappa shape index (κ3) is 3.09. The fraction of sp³-hybridized carbons (Fsp3) is 0.500. The summed E-state index contributed by atoms with van der Waals surface area (Å²) in [5.41, 5.74) is 1.20. The van der Waals surface area contributed by atoms with Crippen molar-refractivity contribution < 1.29 is 4.79 Å². The van der Waals surface area contributed by atoms with Crippen LogP contribution in [0.2, 0.25) is 0 Å². The Balaban J connectivity index is 2.17. The summed E-state index contributed by atoms with van der Waals surface area (Å²) in [6.45, 7) is 3.01. The average Bonchev–Trinajstić information content (AvgIpc) is 2.53. The number of amides is 1. The molecule has 1 fully saturated rings. The molecule has 2 nitrogen and oxygen atoms in total. The number of rotatable bonds is 2. The zero-order valence-electron chi connectivity index (χ0n) is 10.2. The van der Waals surface area contributed by atoms with Crippen LogP contribution in [-0.4, -0.2) is 17.4 Å². The summed E-state index contributed by atoms with van der Waals surface area (Å²) in [7, 11) is 0. The van der Waals surface area contributed by atoms with Crippen LogP contribution in [0.5, 0.6) is 0 Å². The van der Waals surface area contributed by atoms with E-state index in [0.29, 0.717) is 12.3 Å². The molecule has 1 unspecified atom stereocenters. The molecule has 1 aliphatic heterocycles. The van der Waals surface area contributed by atoms with E-state index in [0.717, 1.165) is 23.9 Å². The number of carbonyl (C=O) groups excluding carboxylic acids is 1. The predicted molar refractivity (Wildman–Crippen MR) is 72.7 cm³/mol. The Hall–Kier alpha value is -0.830. The molecule has 3 heteroatoms. The van der Waals surface area contributed by atoms with Gasteiger partial charge in [-0.05, 0) is 37.5 Å². The molecular formula is C14H18BrNO. The lowest BCUT2D eigenvalue weighted by Gasteiger charge is -2.28. The Labute approximate surface area is 111 Å². The van der Waals surface area contributed by atoms with Gasteiger partial charge in [0.1, 0.15) is 0 Å². The largest absolute Gasteiger partial charge is 0.336 e. The molecule has 2 rings (SSSR count). The van der Waals surface area contributed by atoms with Gasteiger partial charge in [0.2, 0.25) is 5.91 Å². The molecule has 0 spiro atoms. The van der Waals surface area contributed by atoms with Crippen molar-refractivity contribution in [3.63, 3.8) is 0 Å². The van der Waals surface area contributed by atoms with Gasteiger partial charge >= 0.3 is 0 Å². The third-order valence-electron chi connectivity index (χ3n) is 3.41. The molecule has 0 bridgehead atoms. The predicted octanol–water partition coefficient (Wildman–Crippen LogP) is 3.91. The molecule has 1 atom stereocenters. The Morgan fingerprint density at radius 2 is 2.12 bits per heavy atom. The molecule has 92 valence electrons. The maximum absolute atomic E-state index is 12.0. The summed E-state index contributed by atoms with van der Waals surface area (Å²) in [6, 6.07) is 8.41. The molecule has 1 aromatic rings. The van der Waals surface area contributed by atoms with Crippen LogP contribution >= 0.6 is 15.9 Å². The number of benzene rings is 1. The van der Waals surface area contributed by atoms with Crippen molar-refractivity contribution in [2.24, 2.45) is 0 Å². The number of hydrogen-bond donors (Lipinski definition) is 0. The van der Waals surface area contributed by atoms with Crippen LogP contribution in [-0.2, 0) is 4.79 Å². The Morgan fingerprint density at radius 3 is 2.88 bits per heavy atom. The summed E-state index contributed by atoms with van der Waals surface area (Å²) in [5.74, 6) is 0.301. The van der Waals surface area contributed by atoms with E-state index in [-0.39, 0.29) is 6.04 Å². The minimum atomic E-state index is 0.179. The van der Waals surface area contributed by atoms with Gasteiger partial charge in [-0.1, -0.05) is 34.5 Å². The fourth-order valence-electron chi connectivity index (χ4n) is 2.36. The Bertz CT molecular complexity index is 405. The summed E-state index contributed by atoms with van der Waals surface area (Å²) in [4.78, 5) is 14.1. The van der Waals surface area contributed by atoms with Gasteiger partial charge in [-0.15, -0.1) is 0 Å². The van der Waals surface area contributed by atoms with Crippen molar-refractivity contribution >= 4 is 21.8 Å². The van der Waals surface area contributed by atoms with Crippen LogP contribution in [0.15, 0.2) is 28.7 Å². The van der Waals surface area contributed by atoms with E-state index in [1.807, 2.05) is 17.0 Å². The van der Waals surface area contributed by atoms with Crippen molar-refractivity contribution in [2.75, 3.05) is 6.54 Å². The zero-order valence-corrected chi connectivity index (χ0v) is 11.7. The molecule has 1 amide bonds. The number of halogens is 1. The van der Waals surface area contributed by atoms with Gasteiger partial charge in [-0.3, -0.25) is 4.79 Å². The first-order valence-corrected chi connectivity index (χ1v) is 7.03. The quantitative estimate of drug-likeness (QED) is 0.810. The van der Waals surface area contributed by atoms with Crippen molar-refractivity contribution in [1.29, 1.82) is 0 Å². The van der Waals surface area contributed by atoms with E-state index in [2.05, 4.69) is 35.0 Å². The second-order valence-corrected chi connectivity index (χ2v) is 5.54. The van der Waals surface area contributed by atoms with E-state index in [1.165, 1.54) is 12.0 Å². The van der Waals surface area contributed by atoms with E-state index in [9.17, 15) is 4.79 Å². The monoisotopic (exact) mass is 295 g/mol. The Kier molecular flexibility index (Phi) is 4.21. The van der Waals surface area contributed by atoms with Gasteiger partial charge in [0.15, 0.2) is 0 Å². The molecule has 0 aliphatic carbocycles. The second-order valence-electron chi connectivity index (χ2n) is 4.63. The van der Waals surface area contributed by atoms with Crippen LogP contribution in [0, 0.1) is 0 Å². The Morgan fingerprint density at radius 1 is 1.29 bits per heavy atom. The second kappa shape index (κ2) is 5.67. The molecule has 0 saturated carbocycles. The van der Waals surface area contributed by atoms with Gasteiger partial charge in [0, 0.05) is 17.4 Å². The highest BCUT2D eigenvalue weighted by atomic mass is 79.9. The van der Waals surface area contributed by atoms with E-state index < -0.39 is 0 Å². The molecular weight excluding hydrogens is 278 g/mol. The number of hydrogen-bond acceptors (Lipinski definition) is 1. The highest BCUT2D eigenvalue weighted by molar-refractivity contribution is 9.10. The topological polar surface area (TPSA) is 20.3 Å². The van der Waals surface area contributed by atoms with Crippen LogP contribution in [0.3, 0.4) is 0 Å². The van der Waals surface area contributed by atoms with E-state index in [4.69, 9.17) is 0 Å². The molecule has 17 heavy (non-hydrogen) atoms. The highest BCUT2D eigenvalue weighted by Crippen LogP contribution is 2.26. The number of carbonyl (C=O) groups is 1. The van der Waals surface area contributed by atoms with Crippen molar-refractivity contribution in [1.82, 2.24) is 4.90 Å². The van der Waals surface area contributed by atoms with Gasteiger partial charge in [0.05, 0.1) is 6.04 Å². The lowest BCUT2D eigenvalue weighted by molar-refractivity contribution is -0.132. The molecule has 0 aromatic heterocycles. The van der Waals surface area contributed by atoms with Crippen molar-refractivity contribution in [3.8, 4) is 0 Å². The lowest BCUT2D eigenvalue weighted by atomic mass is 10.1. The molecule has 1 aromatic carbocycles. The van der Waals surface area contributed by atoms with Crippen LogP contribution in [0.4, 0.5) is 0 Å². The first-order chi connectivity index (χ1) is 8.18. The lowest BCUT2D eigenvalue weighted by Crippen LogP contribution is -2.32. The number of nitrogens with zero attached hydrogens (tertiary/aromatic N) is 1. The minimum Gasteiger partial charge on any atom is -0.336 e. The first-order valence-electron chi connectivity index (χ1n) is 6.23. The maximum Gasteiger partial charge on any atom is 0.223 e. The summed E-state index contributed by atoms with van der Waals surface area (Å²) < 4.78 is 1.07. The zero-order chi connectivity index (χ0) is 12.3. The smallest absolute Gasteiger partial charge is 0.223 e. The molecule has 0 N–H and O–H groups in total. The summed E-state index contributed by atoms with van der Waals surface area (Å²) in [6.07, 6.45) is 4.05. The first kappa shape index (κ1) is 12.6. The van der Waals surface area contributed by atoms with E-state index in [1.54, 1.807) is 0 Å². The summed E-state index contributed by atoms with van der Waals surface area (Å²) >= 11 is 3.48.